The first-order valence-corrected chi connectivity index (χ1v) is 18.7. The minimum Gasteiger partial charge on any atom is -0.366 e. The van der Waals surface area contributed by atoms with Crippen molar-refractivity contribution >= 4 is 22.7 Å². The van der Waals surface area contributed by atoms with Gasteiger partial charge >= 0.3 is 0 Å². The number of rotatable bonds is 6. The summed E-state index contributed by atoms with van der Waals surface area (Å²) in [5, 5.41) is 0. The molecule has 0 amide bonds. The second kappa shape index (κ2) is 11.5. The van der Waals surface area contributed by atoms with Crippen molar-refractivity contribution in [3.8, 4) is 33.4 Å². The maximum absolute atomic E-state index is 2.80. The molecule has 4 fully saturated rings. The molecule has 2 aliphatic heterocycles. The largest absolute Gasteiger partial charge is 0.366 e. The monoisotopic (exact) mass is 648 g/mol. The van der Waals surface area contributed by atoms with Crippen molar-refractivity contribution in [2.75, 3.05) is 9.80 Å². The van der Waals surface area contributed by atoms with Crippen LogP contribution in [0.5, 0.6) is 0 Å². The van der Waals surface area contributed by atoms with E-state index in [9.17, 15) is 0 Å². The van der Waals surface area contributed by atoms with Crippen LogP contribution in [0.25, 0.3) is 33.4 Å². The molecule has 0 N–H and O–H groups in total. The van der Waals surface area contributed by atoms with Crippen molar-refractivity contribution in [1.82, 2.24) is 0 Å². The molecule has 0 radical (unpaired) electrons. The van der Waals surface area contributed by atoms with Gasteiger partial charge < -0.3 is 9.80 Å². The Hall–Kier alpha value is -5.08. The van der Waals surface area contributed by atoms with Crippen LogP contribution in [0.3, 0.4) is 0 Å². The summed E-state index contributed by atoms with van der Waals surface area (Å²) in [7, 11) is 0. The number of hydrogen-bond donors (Lipinski definition) is 0. The maximum atomic E-state index is 2.80. The molecule has 2 nitrogen and oxygen atoms in total. The maximum Gasteiger partial charge on any atom is 0.0465 e. The van der Waals surface area contributed by atoms with E-state index < -0.39 is 0 Å². The molecule has 6 aromatic rings. The second-order valence-corrected chi connectivity index (χ2v) is 15.9. The van der Waals surface area contributed by atoms with Crippen molar-refractivity contribution in [3.63, 3.8) is 0 Å². The van der Waals surface area contributed by atoms with Crippen LogP contribution in [0.15, 0.2) is 146 Å². The van der Waals surface area contributed by atoms with Crippen molar-refractivity contribution < 1.29 is 0 Å². The fraction of sp³-hybridized carbons (Fsp3) is 0.250. The van der Waals surface area contributed by atoms with E-state index in [1.54, 1.807) is 0 Å². The third kappa shape index (κ3) is 4.83. The lowest BCUT2D eigenvalue weighted by atomic mass is 9.63. The quantitative estimate of drug-likeness (QED) is 0.177. The molecule has 4 bridgehead atoms. The van der Waals surface area contributed by atoms with E-state index in [2.05, 4.69) is 169 Å². The number of piperidine rings is 2. The standard InChI is InChI=1S/C48H44N2/c1-48(2)46-14-7-6-13-44(46)45-24-23-41(31-47(45)48)49(38-19-15-35(16-20-38)34-9-4-3-5-10-34)39-21-17-36(18-22-39)37-11-8-12-40(30-37)50-42-26-32-25-33(28-42)29-43(50)27-32/h3-24,30-33,42-43H,25-29H2,1-2H3. The van der Waals surface area contributed by atoms with E-state index >= 15 is 0 Å². The van der Waals surface area contributed by atoms with Gasteiger partial charge in [0.1, 0.15) is 0 Å². The highest BCUT2D eigenvalue weighted by Crippen LogP contribution is 2.52. The van der Waals surface area contributed by atoms with Crippen LogP contribution >= 0.6 is 0 Å². The molecular formula is C48H44N2. The summed E-state index contributed by atoms with van der Waals surface area (Å²) >= 11 is 0. The van der Waals surface area contributed by atoms with E-state index in [0.717, 1.165) is 35.3 Å². The first-order chi connectivity index (χ1) is 24.5. The van der Waals surface area contributed by atoms with Gasteiger partial charge in [0.05, 0.1) is 0 Å². The summed E-state index contributed by atoms with van der Waals surface area (Å²) < 4.78 is 0. The number of fused-ring (bicyclic) bond motifs is 3. The number of hydrogen-bond acceptors (Lipinski definition) is 2. The molecule has 11 rings (SSSR count). The van der Waals surface area contributed by atoms with Gasteiger partial charge in [-0.25, -0.2) is 0 Å². The van der Waals surface area contributed by atoms with Crippen molar-refractivity contribution in [1.29, 1.82) is 0 Å². The molecule has 0 spiro atoms. The van der Waals surface area contributed by atoms with E-state index in [0.29, 0.717) is 0 Å². The molecule has 50 heavy (non-hydrogen) atoms. The van der Waals surface area contributed by atoms with E-state index in [-0.39, 0.29) is 5.41 Å². The van der Waals surface area contributed by atoms with Gasteiger partial charge in [0.25, 0.3) is 0 Å². The van der Waals surface area contributed by atoms with Crippen molar-refractivity contribution in [3.05, 3.63) is 157 Å². The lowest BCUT2D eigenvalue weighted by Crippen LogP contribution is -2.58. The van der Waals surface area contributed by atoms with Gasteiger partial charge in [0.15, 0.2) is 0 Å². The summed E-state index contributed by atoms with van der Waals surface area (Å²) in [6, 6.07) is 55.8. The first-order valence-electron chi connectivity index (χ1n) is 18.7. The van der Waals surface area contributed by atoms with E-state index in [1.807, 2.05) is 0 Å². The molecule has 2 saturated heterocycles. The van der Waals surface area contributed by atoms with Crippen LogP contribution in [-0.2, 0) is 5.41 Å². The minimum absolute atomic E-state index is 0.0626. The molecule has 3 aliphatic carbocycles. The lowest BCUT2D eigenvalue weighted by Gasteiger charge is -2.57. The first kappa shape index (κ1) is 29.8. The van der Waals surface area contributed by atoms with Gasteiger partial charge in [-0.05, 0) is 137 Å². The van der Waals surface area contributed by atoms with Gasteiger partial charge in [0.2, 0.25) is 0 Å². The summed E-state index contributed by atoms with van der Waals surface area (Å²) in [6.45, 7) is 4.73. The summed E-state index contributed by atoms with van der Waals surface area (Å²) in [4.78, 5) is 5.23. The van der Waals surface area contributed by atoms with Crippen LogP contribution in [-0.4, -0.2) is 12.1 Å². The molecule has 2 heteroatoms. The second-order valence-electron chi connectivity index (χ2n) is 15.9. The third-order valence-corrected chi connectivity index (χ3v) is 12.5. The highest BCUT2D eigenvalue weighted by atomic mass is 15.2. The Morgan fingerprint density at radius 2 is 1.00 bits per heavy atom. The summed E-state index contributed by atoms with van der Waals surface area (Å²) in [5.74, 6) is 1.93. The fourth-order valence-electron chi connectivity index (χ4n) is 10.3. The molecular weight excluding hydrogens is 605 g/mol. The molecule has 2 saturated carbocycles. The Bertz CT molecular complexity index is 2170. The molecule has 246 valence electrons. The Labute approximate surface area is 297 Å². The summed E-state index contributed by atoms with van der Waals surface area (Å²) in [5.41, 5.74) is 15.4. The topological polar surface area (TPSA) is 6.48 Å². The van der Waals surface area contributed by atoms with Gasteiger partial charge in [-0.2, -0.15) is 0 Å². The van der Waals surface area contributed by atoms with Crippen molar-refractivity contribution in [2.45, 2.75) is 63.5 Å². The zero-order chi connectivity index (χ0) is 33.4. The Morgan fingerprint density at radius 3 is 1.68 bits per heavy atom. The molecule has 0 aromatic heterocycles. The Balaban J connectivity index is 1.02. The predicted octanol–water partition coefficient (Wildman–Crippen LogP) is 12.6. The van der Waals surface area contributed by atoms with Crippen LogP contribution < -0.4 is 9.80 Å². The number of benzene rings is 6. The van der Waals surface area contributed by atoms with Gasteiger partial charge in [-0.1, -0.05) is 111 Å². The van der Waals surface area contributed by atoms with Gasteiger partial charge in [-0.3, -0.25) is 0 Å². The molecule has 5 aliphatic rings. The normalized spacial score (nSPS) is 22.3. The smallest absolute Gasteiger partial charge is 0.0465 e. The average Bonchev–Trinajstić information content (AvgIpc) is 3.38. The van der Waals surface area contributed by atoms with E-state index in [1.165, 1.54) is 88.0 Å². The number of nitrogens with zero attached hydrogens (tertiary/aromatic N) is 2. The molecule has 0 unspecified atom stereocenters. The predicted molar refractivity (Wildman–Crippen MR) is 210 cm³/mol. The van der Waals surface area contributed by atoms with Crippen LogP contribution in [0.2, 0.25) is 0 Å². The molecule has 0 atom stereocenters. The van der Waals surface area contributed by atoms with Gasteiger partial charge in [-0.15, -0.1) is 0 Å². The Kier molecular flexibility index (Phi) is 6.85. The lowest BCUT2D eigenvalue weighted by molar-refractivity contribution is 0.0900. The summed E-state index contributed by atoms with van der Waals surface area (Å²) in [6.07, 6.45) is 7.04. The average molecular weight is 649 g/mol. The fourth-order valence-corrected chi connectivity index (χ4v) is 10.3. The van der Waals surface area contributed by atoms with Crippen molar-refractivity contribution in [2.24, 2.45) is 11.8 Å². The highest BCUT2D eigenvalue weighted by molar-refractivity contribution is 5.86. The minimum atomic E-state index is -0.0626. The zero-order valence-electron chi connectivity index (χ0n) is 29.1. The highest BCUT2D eigenvalue weighted by Gasteiger charge is 2.47. The Morgan fingerprint density at radius 1 is 0.460 bits per heavy atom. The van der Waals surface area contributed by atoms with Gasteiger partial charge in [0, 0.05) is 40.2 Å². The molecule has 6 aromatic carbocycles. The molecule has 2 heterocycles. The van der Waals surface area contributed by atoms with Crippen LogP contribution in [0.1, 0.15) is 57.1 Å². The van der Waals surface area contributed by atoms with E-state index in [4.69, 9.17) is 0 Å². The third-order valence-electron chi connectivity index (χ3n) is 12.5. The number of anilines is 4. The zero-order valence-corrected chi connectivity index (χ0v) is 29.1. The SMILES string of the molecule is CC1(C)c2ccccc2-c2ccc(N(c3ccc(-c4ccccc4)cc3)c3ccc(-c4cccc(N5C6CC7CC(C6)CC5C7)c4)cc3)cc21. The van der Waals surface area contributed by atoms with Crippen LogP contribution in [0, 0.1) is 11.8 Å². The van der Waals surface area contributed by atoms with Crippen LogP contribution in [0.4, 0.5) is 22.7 Å².